The van der Waals surface area contributed by atoms with Crippen LogP contribution < -0.4 is 5.32 Å². The Morgan fingerprint density at radius 1 is 1.35 bits per heavy atom. The van der Waals surface area contributed by atoms with Crippen LogP contribution in [-0.2, 0) is 19.7 Å². The van der Waals surface area contributed by atoms with Gasteiger partial charge in [0.05, 0.1) is 12.5 Å². The average Bonchev–Trinajstić information content (AvgIpc) is 2.45. The first-order valence-electron chi connectivity index (χ1n) is 6.47. The number of amides is 1. The van der Waals surface area contributed by atoms with Crippen molar-refractivity contribution < 1.29 is 19.4 Å². The Kier molecular flexibility index (Phi) is 5.70. The normalized spacial score (nSPS) is 15.2. The van der Waals surface area contributed by atoms with Gasteiger partial charge in [0.1, 0.15) is 5.41 Å². The number of nitrogens with one attached hydrogen (secondary N) is 1. The summed E-state index contributed by atoms with van der Waals surface area (Å²) in [7, 11) is 1.52. The van der Waals surface area contributed by atoms with Crippen LogP contribution in [0, 0.1) is 5.92 Å². The average molecular weight is 279 g/mol. The molecule has 0 fully saturated rings. The van der Waals surface area contributed by atoms with Gasteiger partial charge in [0.15, 0.2) is 0 Å². The second-order valence-corrected chi connectivity index (χ2v) is 5.08. The molecule has 2 N–H and O–H groups in total. The highest BCUT2D eigenvalue weighted by Crippen LogP contribution is 2.23. The van der Waals surface area contributed by atoms with Gasteiger partial charge in [0.2, 0.25) is 5.91 Å². The van der Waals surface area contributed by atoms with E-state index < -0.39 is 11.4 Å². The zero-order valence-corrected chi connectivity index (χ0v) is 12.1. The Balaban J connectivity index is 2.79. The topological polar surface area (TPSA) is 75.6 Å². The Labute approximate surface area is 118 Å². The highest BCUT2D eigenvalue weighted by Gasteiger charge is 2.35. The molecule has 1 amide bonds. The Bertz CT molecular complexity index is 460. The minimum atomic E-state index is -1.15. The van der Waals surface area contributed by atoms with E-state index in [4.69, 9.17) is 4.74 Å². The molecule has 2 atom stereocenters. The largest absolute Gasteiger partial charge is 0.481 e. The maximum Gasteiger partial charge on any atom is 0.315 e. The van der Waals surface area contributed by atoms with Gasteiger partial charge in [-0.05, 0) is 12.5 Å². The second-order valence-electron chi connectivity index (χ2n) is 5.08. The molecule has 0 aromatic heterocycles. The highest BCUT2D eigenvalue weighted by atomic mass is 16.5. The molecule has 0 heterocycles. The van der Waals surface area contributed by atoms with E-state index in [0.29, 0.717) is 12.2 Å². The number of carbonyl (C=O) groups is 2. The highest BCUT2D eigenvalue weighted by molar-refractivity contribution is 5.83. The van der Waals surface area contributed by atoms with Crippen molar-refractivity contribution >= 4 is 11.9 Å². The fourth-order valence-electron chi connectivity index (χ4n) is 1.87. The van der Waals surface area contributed by atoms with Crippen LogP contribution in [0.3, 0.4) is 0 Å². The fraction of sp³-hybridized carbons (Fsp3) is 0.467. The third kappa shape index (κ3) is 3.81. The predicted molar refractivity (Wildman–Crippen MR) is 75.5 cm³/mol. The molecule has 0 spiro atoms. The van der Waals surface area contributed by atoms with Gasteiger partial charge < -0.3 is 15.2 Å². The molecule has 0 saturated heterocycles. The van der Waals surface area contributed by atoms with Crippen molar-refractivity contribution in [3.8, 4) is 0 Å². The summed E-state index contributed by atoms with van der Waals surface area (Å²) in [6.07, 6.45) is 0. The van der Waals surface area contributed by atoms with E-state index in [2.05, 4.69) is 5.32 Å². The molecule has 0 saturated carbocycles. The number of rotatable bonds is 7. The van der Waals surface area contributed by atoms with Gasteiger partial charge in [-0.25, -0.2) is 0 Å². The SMILES string of the molecule is COCC(C)C(=O)NCC(C)(C(=O)O)c1ccccc1. The number of methoxy groups -OCH3 is 1. The van der Waals surface area contributed by atoms with Crippen LogP contribution in [0.15, 0.2) is 30.3 Å². The quantitative estimate of drug-likeness (QED) is 0.791. The summed E-state index contributed by atoms with van der Waals surface area (Å²) in [4.78, 5) is 23.4. The molecule has 1 aromatic carbocycles. The van der Waals surface area contributed by atoms with Gasteiger partial charge >= 0.3 is 5.97 Å². The number of benzene rings is 1. The molecular formula is C15H21NO4. The third-order valence-electron chi connectivity index (χ3n) is 3.36. The summed E-state index contributed by atoms with van der Waals surface area (Å²) < 4.78 is 4.91. The molecular weight excluding hydrogens is 258 g/mol. The van der Waals surface area contributed by atoms with Crippen LogP contribution in [0.5, 0.6) is 0 Å². The molecule has 1 rings (SSSR count). The minimum absolute atomic E-state index is 0.0409. The van der Waals surface area contributed by atoms with E-state index in [1.165, 1.54) is 7.11 Å². The maximum absolute atomic E-state index is 11.8. The van der Waals surface area contributed by atoms with Crippen LogP contribution in [0.25, 0.3) is 0 Å². The Morgan fingerprint density at radius 3 is 2.45 bits per heavy atom. The van der Waals surface area contributed by atoms with Gasteiger partial charge in [-0.2, -0.15) is 0 Å². The summed E-state index contributed by atoms with van der Waals surface area (Å²) in [5, 5.41) is 12.2. The molecule has 5 nitrogen and oxygen atoms in total. The van der Waals surface area contributed by atoms with E-state index in [9.17, 15) is 14.7 Å². The van der Waals surface area contributed by atoms with Crippen molar-refractivity contribution in [2.45, 2.75) is 19.3 Å². The predicted octanol–water partition coefficient (Wildman–Crippen LogP) is 1.43. The first-order chi connectivity index (χ1) is 9.41. The molecule has 0 aliphatic carbocycles. The molecule has 110 valence electrons. The first-order valence-corrected chi connectivity index (χ1v) is 6.47. The van der Waals surface area contributed by atoms with Crippen LogP contribution in [0.4, 0.5) is 0 Å². The lowest BCUT2D eigenvalue weighted by atomic mass is 9.82. The molecule has 5 heteroatoms. The lowest BCUT2D eigenvalue weighted by Crippen LogP contribution is -2.46. The molecule has 0 radical (unpaired) electrons. The zero-order valence-electron chi connectivity index (χ0n) is 12.1. The summed E-state index contributed by atoms with van der Waals surface area (Å²) >= 11 is 0. The van der Waals surface area contributed by atoms with Gasteiger partial charge in [-0.3, -0.25) is 9.59 Å². The van der Waals surface area contributed by atoms with Crippen molar-refractivity contribution in [1.29, 1.82) is 0 Å². The number of carboxylic acid groups (broad SMARTS) is 1. The summed E-state index contributed by atoms with van der Waals surface area (Å²) in [6.45, 7) is 3.69. The number of carbonyl (C=O) groups excluding carboxylic acids is 1. The molecule has 0 aliphatic heterocycles. The molecule has 0 aliphatic rings. The molecule has 1 aromatic rings. The van der Waals surface area contributed by atoms with Gasteiger partial charge in [0.25, 0.3) is 0 Å². The van der Waals surface area contributed by atoms with E-state index in [1.54, 1.807) is 38.1 Å². The number of aliphatic carboxylic acids is 1. The van der Waals surface area contributed by atoms with Crippen molar-refractivity contribution in [3.63, 3.8) is 0 Å². The maximum atomic E-state index is 11.8. The van der Waals surface area contributed by atoms with E-state index in [0.717, 1.165) is 0 Å². The van der Waals surface area contributed by atoms with Crippen LogP contribution in [0.2, 0.25) is 0 Å². The van der Waals surface area contributed by atoms with E-state index >= 15 is 0 Å². The van der Waals surface area contributed by atoms with E-state index in [-0.39, 0.29) is 18.4 Å². The third-order valence-corrected chi connectivity index (χ3v) is 3.36. The first kappa shape index (κ1) is 16.2. The van der Waals surface area contributed by atoms with Crippen molar-refractivity contribution in [3.05, 3.63) is 35.9 Å². The van der Waals surface area contributed by atoms with Crippen molar-refractivity contribution in [1.82, 2.24) is 5.32 Å². The molecule has 2 unspecified atom stereocenters. The monoisotopic (exact) mass is 279 g/mol. The summed E-state index contributed by atoms with van der Waals surface area (Å²) in [6, 6.07) is 8.89. The summed E-state index contributed by atoms with van der Waals surface area (Å²) in [5.41, 5.74) is -0.490. The number of hydrogen-bond acceptors (Lipinski definition) is 3. The minimum Gasteiger partial charge on any atom is -0.481 e. The number of ether oxygens (including phenoxy) is 1. The smallest absolute Gasteiger partial charge is 0.315 e. The van der Waals surface area contributed by atoms with Crippen LogP contribution in [-0.4, -0.2) is 37.2 Å². The van der Waals surface area contributed by atoms with E-state index in [1.807, 2.05) is 6.07 Å². The standard InChI is InChI=1S/C15H21NO4/c1-11(9-20-3)13(17)16-10-15(2,14(18)19)12-7-5-4-6-8-12/h4-8,11H,9-10H2,1-3H3,(H,16,17)(H,18,19). The molecule has 20 heavy (non-hydrogen) atoms. The zero-order chi connectivity index (χ0) is 15.2. The summed E-state index contributed by atoms with van der Waals surface area (Å²) in [5.74, 6) is -1.49. The van der Waals surface area contributed by atoms with Crippen LogP contribution in [0.1, 0.15) is 19.4 Å². The van der Waals surface area contributed by atoms with Crippen LogP contribution >= 0.6 is 0 Å². The lowest BCUT2D eigenvalue weighted by Gasteiger charge is -2.26. The fourth-order valence-corrected chi connectivity index (χ4v) is 1.87. The number of hydrogen-bond donors (Lipinski definition) is 2. The molecule has 0 bridgehead atoms. The lowest BCUT2D eigenvalue weighted by molar-refractivity contribution is -0.143. The second kappa shape index (κ2) is 7.05. The van der Waals surface area contributed by atoms with Gasteiger partial charge in [-0.1, -0.05) is 37.3 Å². The van der Waals surface area contributed by atoms with Crippen molar-refractivity contribution in [2.24, 2.45) is 5.92 Å². The van der Waals surface area contributed by atoms with Gasteiger partial charge in [-0.15, -0.1) is 0 Å². The van der Waals surface area contributed by atoms with Crippen molar-refractivity contribution in [2.75, 3.05) is 20.3 Å². The number of carboxylic acids is 1. The Morgan fingerprint density at radius 2 is 1.95 bits per heavy atom. The van der Waals surface area contributed by atoms with Gasteiger partial charge in [0, 0.05) is 13.7 Å². The Hall–Kier alpha value is -1.88.